The lowest BCUT2D eigenvalue weighted by atomic mass is 10.1. The van der Waals surface area contributed by atoms with Gasteiger partial charge < -0.3 is 14.5 Å². The minimum Gasteiger partial charge on any atom is -0.481 e. The fraction of sp³-hybridized carbons (Fsp3) is 0.200. The Labute approximate surface area is 136 Å². The van der Waals surface area contributed by atoms with E-state index in [0.29, 0.717) is 6.61 Å². The van der Waals surface area contributed by atoms with E-state index in [-0.39, 0.29) is 0 Å². The van der Waals surface area contributed by atoms with Crippen molar-refractivity contribution in [3.63, 3.8) is 0 Å². The van der Waals surface area contributed by atoms with Crippen molar-refractivity contribution in [1.82, 2.24) is 5.32 Å². The number of terminal acetylenes is 1. The topological polar surface area (TPSA) is 34.4 Å². The molecule has 0 bridgehead atoms. The van der Waals surface area contributed by atoms with Crippen LogP contribution in [0.3, 0.4) is 0 Å². The number of furan rings is 1. The smallest absolute Gasteiger partial charge is 0.148 e. The van der Waals surface area contributed by atoms with E-state index in [4.69, 9.17) is 15.6 Å². The van der Waals surface area contributed by atoms with Crippen LogP contribution in [0.4, 0.5) is 0 Å². The van der Waals surface area contributed by atoms with Gasteiger partial charge >= 0.3 is 0 Å². The van der Waals surface area contributed by atoms with E-state index in [1.54, 1.807) is 6.26 Å². The monoisotopic (exact) mass is 305 g/mol. The fourth-order valence-corrected chi connectivity index (χ4v) is 2.54. The molecule has 2 aromatic carbocycles. The zero-order chi connectivity index (χ0) is 15.9. The van der Waals surface area contributed by atoms with Gasteiger partial charge in [0, 0.05) is 17.5 Å². The lowest BCUT2D eigenvalue weighted by molar-refractivity contribution is 0.365. The van der Waals surface area contributed by atoms with Gasteiger partial charge in [-0.1, -0.05) is 30.2 Å². The van der Waals surface area contributed by atoms with Gasteiger partial charge in [-0.3, -0.25) is 0 Å². The molecule has 0 atom stereocenters. The standard InChI is InChI=1S/C20H19NO2/c1-2-12-22-19-6-4-3-5-18(19)15-21-11-9-16-7-8-20-17(14-16)10-13-23-20/h1,3-8,10,13-14,21H,9,11-12,15H2. The molecule has 0 amide bonds. The van der Waals surface area contributed by atoms with Crippen molar-refractivity contribution in [2.24, 2.45) is 0 Å². The average molecular weight is 305 g/mol. The molecule has 0 unspecified atom stereocenters. The number of hydrogen-bond acceptors (Lipinski definition) is 3. The quantitative estimate of drug-likeness (QED) is 0.533. The van der Waals surface area contributed by atoms with E-state index >= 15 is 0 Å². The lowest BCUT2D eigenvalue weighted by Crippen LogP contribution is -2.17. The first-order valence-corrected chi connectivity index (χ1v) is 7.68. The molecule has 1 heterocycles. The maximum Gasteiger partial charge on any atom is 0.148 e. The molecule has 0 fully saturated rings. The fourth-order valence-electron chi connectivity index (χ4n) is 2.54. The van der Waals surface area contributed by atoms with Gasteiger partial charge in [-0.05, 0) is 42.8 Å². The number of benzene rings is 2. The Morgan fingerprint density at radius 2 is 2.04 bits per heavy atom. The predicted molar refractivity (Wildman–Crippen MR) is 92.4 cm³/mol. The zero-order valence-electron chi connectivity index (χ0n) is 12.9. The highest BCUT2D eigenvalue weighted by Gasteiger charge is 2.03. The van der Waals surface area contributed by atoms with Gasteiger partial charge in [0.15, 0.2) is 0 Å². The second-order valence-corrected chi connectivity index (χ2v) is 5.32. The predicted octanol–water partition coefficient (Wildman–Crippen LogP) is 3.78. The van der Waals surface area contributed by atoms with E-state index in [9.17, 15) is 0 Å². The summed E-state index contributed by atoms with van der Waals surface area (Å²) in [5.41, 5.74) is 3.35. The molecule has 3 heteroatoms. The number of nitrogens with one attached hydrogen (secondary N) is 1. The van der Waals surface area contributed by atoms with Crippen molar-refractivity contribution in [3.05, 3.63) is 65.9 Å². The summed E-state index contributed by atoms with van der Waals surface area (Å²) in [6.07, 6.45) is 7.94. The maximum atomic E-state index is 5.55. The molecule has 3 aromatic rings. The van der Waals surface area contributed by atoms with Crippen LogP contribution >= 0.6 is 0 Å². The second-order valence-electron chi connectivity index (χ2n) is 5.32. The Morgan fingerprint density at radius 1 is 1.13 bits per heavy atom. The van der Waals surface area contributed by atoms with Gasteiger partial charge in [0.05, 0.1) is 6.26 Å². The van der Waals surface area contributed by atoms with Crippen molar-refractivity contribution < 1.29 is 9.15 Å². The van der Waals surface area contributed by atoms with E-state index in [1.807, 2.05) is 30.3 Å². The molecule has 0 aliphatic rings. The lowest BCUT2D eigenvalue weighted by Gasteiger charge is -2.10. The van der Waals surface area contributed by atoms with Crippen LogP contribution in [0.25, 0.3) is 11.0 Å². The first-order chi connectivity index (χ1) is 11.4. The Morgan fingerprint density at radius 3 is 2.96 bits per heavy atom. The van der Waals surface area contributed by atoms with Gasteiger partial charge in [-0.2, -0.15) is 0 Å². The van der Waals surface area contributed by atoms with E-state index in [1.165, 1.54) is 5.56 Å². The van der Waals surface area contributed by atoms with Gasteiger partial charge in [0.2, 0.25) is 0 Å². The molecule has 116 valence electrons. The number of para-hydroxylation sites is 1. The average Bonchev–Trinajstić information content (AvgIpc) is 3.05. The molecule has 3 nitrogen and oxygen atoms in total. The first-order valence-electron chi connectivity index (χ1n) is 7.68. The Bertz CT molecular complexity index is 814. The molecular formula is C20H19NO2. The summed E-state index contributed by atoms with van der Waals surface area (Å²) in [4.78, 5) is 0. The summed E-state index contributed by atoms with van der Waals surface area (Å²) in [6.45, 7) is 1.95. The van der Waals surface area contributed by atoms with Gasteiger partial charge in [-0.25, -0.2) is 0 Å². The Balaban J connectivity index is 1.52. The Kier molecular flexibility index (Phi) is 4.98. The Hall–Kier alpha value is -2.70. The van der Waals surface area contributed by atoms with Crippen LogP contribution in [0, 0.1) is 12.3 Å². The first kappa shape index (κ1) is 15.2. The highest BCUT2D eigenvalue weighted by Crippen LogP contribution is 2.18. The summed E-state index contributed by atoms with van der Waals surface area (Å²) in [7, 11) is 0. The number of hydrogen-bond donors (Lipinski definition) is 1. The van der Waals surface area contributed by atoms with Crippen LogP contribution in [0.5, 0.6) is 5.75 Å². The molecule has 1 aromatic heterocycles. The number of fused-ring (bicyclic) bond motifs is 1. The van der Waals surface area contributed by atoms with Crippen LogP contribution in [0.15, 0.2) is 59.2 Å². The van der Waals surface area contributed by atoms with Gasteiger partial charge in [0.25, 0.3) is 0 Å². The van der Waals surface area contributed by atoms with Crippen molar-refractivity contribution in [1.29, 1.82) is 0 Å². The van der Waals surface area contributed by atoms with Crippen molar-refractivity contribution >= 4 is 11.0 Å². The summed E-state index contributed by atoms with van der Waals surface area (Å²) < 4.78 is 10.9. The summed E-state index contributed by atoms with van der Waals surface area (Å²) >= 11 is 0. The van der Waals surface area contributed by atoms with Gasteiger partial charge in [-0.15, -0.1) is 6.42 Å². The van der Waals surface area contributed by atoms with E-state index < -0.39 is 0 Å². The molecule has 3 rings (SSSR count). The van der Waals surface area contributed by atoms with Crippen LogP contribution in [0.2, 0.25) is 0 Å². The molecule has 0 saturated carbocycles. The number of rotatable bonds is 7. The number of ether oxygens (including phenoxy) is 1. The highest BCUT2D eigenvalue weighted by atomic mass is 16.5. The molecule has 0 radical (unpaired) electrons. The molecule has 23 heavy (non-hydrogen) atoms. The summed E-state index contributed by atoms with van der Waals surface area (Å²) in [6, 6.07) is 16.3. The molecule has 1 N–H and O–H groups in total. The molecular weight excluding hydrogens is 286 g/mol. The van der Waals surface area contributed by atoms with Gasteiger partial charge in [0.1, 0.15) is 17.9 Å². The molecule has 0 spiro atoms. The third kappa shape index (κ3) is 3.94. The minimum atomic E-state index is 0.293. The van der Waals surface area contributed by atoms with E-state index in [0.717, 1.165) is 41.8 Å². The highest BCUT2D eigenvalue weighted by molar-refractivity contribution is 5.77. The van der Waals surface area contributed by atoms with Crippen molar-refractivity contribution in [2.45, 2.75) is 13.0 Å². The van der Waals surface area contributed by atoms with Crippen LogP contribution in [-0.2, 0) is 13.0 Å². The molecule has 0 aliphatic carbocycles. The third-order valence-electron chi connectivity index (χ3n) is 3.71. The van der Waals surface area contributed by atoms with Crippen molar-refractivity contribution in [2.75, 3.05) is 13.2 Å². The van der Waals surface area contributed by atoms with Crippen molar-refractivity contribution in [3.8, 4) is 18.1 Å². The SMILES string of the molecule is C#CCOc1ccccc1CNCCc1ccc2occc2c1. The largest absolute Gasteiger partial charge is 0.481 e. The zero-order valence-corrected chi connectivity index (χ0v) is 12.9. The third-order valence-corrected chi connectivity index (χ3v) is 3.71. The van der Waals surface area contributed by atoms with Crippen LogP contribution in [0.1, 0.15) is 11.1 Å². The second kappa shape index (κ2) is 7.53. The molecule has 0 saturated heterocycles. The normalized spacial score (nSPS) is 10.6. The van der Waals surface area contributed by atoms with Crippen LogP contribution < -0.4 is 10.1 Å². The molecule has 0 aliphatic heterocycles. The van der Waals surface area contributed by atoms with E-state index in [2.05, 4.69) is 29.4 Å². The maximum absolute atomic E-state index is 5.55. The minimum absolute atomic E-state index is 0.293. The summed E-state index contributed by atoms with van der Waals surface area (Å²) in [5.74, 6) is 3.34. The summed E-state index contributed by atoms with van der Waals surface area (Å²) in [5, 5.41) is 4.60. The van der Waals surface area contributed by atoms with Crippen LogP contribution in [-0.4, -0.2) is 13.2 Å².